The first-order valence-electron chi connectivity index (χ1n) is 7.62. The van der Waals surface area contributed by atoms with Crippen LogP contribution in [0, 0.1) is 5.92 Å². The molecule has 0 bridgehead atoms. The first-order valence-corrected chi connectivity index (χ1v) is 7.62. The summed E-state index contributed by atoms with van der Waals surface area (Å²) in [6.45, 7) is 10.8. The van der Waals surface area contributed by atoms with Crippen LogP contribution < -0.4 is 14.8 Å². The zero-order valence-corrected chi connectivity index (χ0v) is 13.2. The van der Waals surface area contributed by atoms with Crippen molar-refractivity contribution in [2.24, 2.45) is 5.92 Å². The number of hydrogen-bond acceptors (Lipinski definition) is 4. The van der Waals surface area contributed by atoms with Gasteiger partial charge in [0.25, 0.3) is 0 Å². The van der Waals surface area contributed by atoms with Crippen LogP contribution in [-0.4, -0.2) is 13.3 Å². The van der Waals surface area contributed by atoms with E-state index in [2.05, 4.69) is 33.0 Å². The van der Waals surface area contributed by atoms with Crippen LogP contribution >= 0.6 is 0 Å². The van der Waals surface area contributed by atoms with Gasteiger partial charge >= 0.3 is 0 Å². The maximum absolute atomic E-state index is 6.07. The number of nitrogens with one attached hydrogen (secondary N) is 1. The van der Waals surface area contributed by atoms with Gasteiger partial charge in [0.05, 0.1) is 6.54 Å². The van der Waals surface area contributed by atoms with Crippen molar-refractivity contribution >= 4 is 11.0 Å². The van der Waals surface area contributed by atoms with Crippen LogP contribution in [0.15, 0.2) is 16.5 Å². The summed E-state index contributed by atoms with van der Waals surface area (Å²) in [7, 11) is 0. The lowest BCUT2D eigenvalue weighted by Crippen LogP contribution is -2.19. The SMILES string of the molecule is CC(C)CNCc1oc2cc3c(cc2c1C(C)C)OCO3. The first-order chi connectivity index (χ1) is 10.1. The zero-order valence-electron chi connectivity index (χ0n) is 13.2. The summed E-state index contributed by atoms with van der Waals surface area (Å²) in [4.78, 5) is 0. The Morgan fingerprint density at radius 3 is 2.48 bits per heavy atom. The fourth-order valence-corrected chi connectivity index (χ4v) is 2.79. The van der Waals surface area contributed by atoms with Crippen molar-refractivity contribution < 1.29 is 13.9 Å². The van der Waals surface area contributed by atoms with Gasteiger partial charge in [-0.3, -0.25) is 0 Å². The van der Waals surface area contributed by atoms with Crippen molar-refractivity contribution in [3.05, 3.63) is 23.5 Å². The quantitative estimate of drug-likeness (QED) is 0.902. The molecule has 0 amide bonds. The van der Waals surface area contributed by atoms with E-state index >= 15 is 0 Å². The van der Waals surface area contributed by atoms with Crippen LogP contribution in [0.2, 0.25) is 0 Å². The van der Waals surface area contributed by atoms with Crippen LogP contribution in [0.4, 0.5) is 0 Å². The van der Waals surface area contributed by atoms with E-state index in [1.807, 2.05) is 12.1 Å². The van der Waals surface area contributed by atoms with Gasteiger partial charge < -0.3 is 19.2 Å². The van der Waals surface area contributed by atoms with Gasteiger partial charge in [-0.2, -0.15) is 0 Å². The van der Waals surface area contributed by atoms with Gasteiger partial charge in [-0.05, 0) is 24.4 Å². The lowest BCUT2D eigenvalue weighted by atomic mass is 9.99. The lowest BCUT2D eigenvalue weighted by molar-refractivity contribution is 0.174. The molecule has 0 spiro atoms. The Bertz CT molecular complexity index is 643. The average molecular weight is 289 g/mol. The normalized spacial score (nSPS) is 13.8. The summed E-state index contributed by atoms with van der Waals surface area (Å²) in [5, 5.41) is 4.59. The zero-order chi connectivity index (χ0) is 15.0. The molecule has 1 aromatic carbocycles. The predicted octanol–water partition coefficient (Wildman–Crippen LogP) is 4.03. The number of rotatable bonds is 5. The van der Waals surface area contributed by atoms with Gasteiger partial charge in [0, 0.05) is 17.0 Å². The fraction of sp³-hybridized carbons (Fsp3) is 0.529. The number of ether oxygens (including phenoxy) is 2. The van der Waals surface area contributed by atoms with E-state index in [1.165, 1.54) is 5.56 Å². The second-order valence-corrected chi connectivity index (χ2v) is 6.32. The molecule has 0 radical (unpaired) electrons. The third-order valence-electron chi connectivity index (χ3n) is 3.71. The molecule has 0 aliphatic carbocycles. The molecular weight excluding hydrogens is 266 g/mol. The summed E-state index contributed by atoms with van der Waals surface area (Å²) in [6.07, 6.45) is 0. The van der Waals surface area contributed by atoms with Crippen molar-refractivity contribution in [2.45, 2.75) is 40.2 Å². The van der Waals surface area contributed by atoms with Crippen LogP contribution in [-0.2, 0) is 6.54 Å². The molecule has 3 rings (SSSR count). The maximum atomic E-state index is 6.07. The molecule has 21 heavy (non-hydrogen) atoms. The Labute approximate surface area is 125 Å². The molecule has 1 N–H and O–H groups in total. The minimum Gasteiger partial charge on any atom is -0.459 e. The van der Waals surface area contributed by atoms with E-state index < -0.39 is 0 Å². The van der Waals surface area contributed by atoms with Crippen LogP contribution in [0.1, 0.15) is 44.9 Å². The molecule has 114 valence electrons. The van der Waals surface area contributed by atoms with Crippen LogP contribution in [0.3, 0.4) is 0 Å². The number of hydrogen-bond donors (Lipinski definition) is 1. The highest BCUT2D eigenvalue weighted by atomic mass is 16.7. The smallest absolute Gasteiger partial charge is 0.231 e. The van der Waals surface area contributed by atoms with Crippen molar-refractivity contribution in [1.29, 1.82) is 0 Å². The third-order valence-corrected chi connectivity index (χ3v) is 3.71. The Kier molecular flexibility index (Phi) is 3.81. The van der Waals surface area contributed by atoms with Gasteiger partial charge in [-0.1, -0.05) is 27.7 Å². The average Bonchev–Trinajstić information content (AvgIpc) is 2.97. The van der Waals surface area contributed by atoms with Crippen molar-refractivity contribution in [3.63, 3.8) is 0 Å². The molecule has 1 aromatic heterocycles. The highest BCUT2D eigenvalue weighted by molar-refractivity contribution is 5.86. The fourth-order valence-electron chi connectivity index (χ4n) is 2.79. The van der Waals surface area contributed by atoms with Gasteiger partial charge in [-0.25, -0.2) is 0 Å². The van der Waals surface area contributed by atoms with Crippen LogP contribution in [0.5, 0.6) is 11.5 Å². The van der Waals surface area contributed by atoms with Crippen molar-refractivity contribution in [2.75, 3.05) is 13.3 Å². The van der Waals surface area contributed by atoms with Gasteiger partial charge in [-0.15, -0.1) is 0 Å². The monoisotopic (exact) mass is 289 g/mol. The molecule has 0 unspecified atom stereocenters. The standard InChI is InChI=1S/C17H23NO3/c1-10(2)7-18-8-16-17(11(3)4)12-5-14-15(20-9-19-14)6-13(12)21-16/h5-6,10-11,18H,7-9H2,1-4H3. The summed E-state index contributed by atoms with van der Waals surface area (Å²) in [6, 6.07) is 3.98. The second kappa shape index (κ2) is 5.60. The molecule has 1 aliphatic heterocycles. The molecule has 2 aromatic rings. The summed E-state index contributed by atoms with van der Waals surface area (Å²) in [5.74, 6) is 3.63. The second-order valence-electron chi connectivity index (χ2n) is 6.32. The number of fused-ring (bicyclic) bond motifs is 2. The first kappa shape index (κ1) is 14.3. The Balaban J connectivity index is 1.97. The van der Waals surface area contributed by atoms with E-state index in [9.17, 15) is 0 Å². The lowest BCUT2D eigenvalue weighted by Gasteiger charge is -2.09. The predicted molar refractivity (Wildman–Crippen MR) is 83.0 cm³/mol. The van der Waals surface area contributed by atoms with Gasteiger partial charge in [0.1, 0.15) is 11.3 Å². The van der Waals surface area contributed by atoms with E-state index in [0.717, 1.165) is 41.3 Å². The van der Waals surface area contributed by atoms with Crippen molar-refractivity contribution in [3.8, 4) is 11.5 Å². The molecular formula is C17H23NO3. The molecule has 0 saturated heterocycles. The summed E-state index contributed by atoms with van der Waals surface area (Å²) < 4.78 is 17.0. The van der Waals surface area contributed by atoms with E-state index in [-0.39, 0.29) is 0 Å². The summed E-state index contributed by atoms with van der Waals surface area (Å²) in [5.41, 5.74) is 2.14. The topological polar surface area (TPSA) is 43.6 Å². The third kappa shape index (κ3) is 2.72. The number of benzene rings is 1. The molecule has 4 nitrogen and oxygen atoms in total. The van der Waals surface area contributed by atoms with E-state index in [1.54, 1.807) is 0 Å². The Morgan fingerprint density at radius 2 is 1.81 bits per heavy atom. The van der Waals surface area contributed by atoms with E-state index in [0.29, 0.717) is 18.6 Å². The van der Waals surface area contributed by atoms with E-state index in [4.69, 9.17) is 13.9 Å². The molecule has 4 heteroatoms. The maximum Gasteiger partial charge on any atom is 0.231 e. The number of furan rings is 1. The van der Waals surface area contributed by atoms with Gasteiger partial charge in [0.2, 0.25) is 6.79 Å². The highest BCUT2D eigenvalue weighted by Crippen LogP contribution is 2.41. The van der Waals surface area contributed by atoms with Crippen molar-refractivity contribution in [1.82, 2.24) is 5.32 Å². The van der Waals surface area contributed by atoms with Crippen LogP contribution in [0.25, 0.3) is 11.0 Å². The molecule has 0 fully saturated rings. The molecule has 1 aliphatic rings. The van der Waals surface area contributed by atoms with Gasteiger partial charge in [0.15, 0.2) is 11.5 Å². The largest absolute Gasteiger partial charge is 0.459 e. The minimum absolute atomic E-state index is 0.293. The highest BCUT2D eigenvalue weighted by Gasteiger charge is 2.22. The molecule has 0 atom stereocenters. The summed E-state index contributed by atoms with van der Waals surface area (Å²) >= 11 is 0. The Morgan fingerprint density at radius 1 is 1.10 bits per heavy atom. The molecule has 2 heterocycles. The minimum atomic E-state index is 0.293. The molecule has 0 saturated carbocycles. The Hall–Kier alpha value is -1.68.